The lowest BCUT2D eigenvalue weighted by molar-refractivity contribution is 0.110. The van der Waals surface area contributed by atoms with Crippen LogP contribution in [0.4, 0.5) is 5.69 Å². The molecule has 7 nitrogen and oxygen atoms in total. The van der Waals surface area contributed by atoms with E-state index in [2.05, 4.69) is 0 Å². The summed E-state index contributed by atoms with van der Waals surface area (Å²) < 4.78 is 50.8. The summed E-state index contributed by atoms with van der Waals surface area (Å²) in [7, 11) is -3.84. The number of sulfonamides is 1. The molecule has 32 heavy (non-hydrogen) atoms. The first-order valence-corrected chi connectivity index (χ1v) is 12.7. The Hall–Kier alpha value is -2.75. The third-order valence-corrected chi connectivity index (χ3v) is 7.45. The number of hydrogen-bond donors (Lipinski definition) is 0. The van der Waals surface area contributed by atoms with Crippen LogP contribution in [0.3, 0.4) is 0 Å². The van der Waals surface area contributed by atoms with Gasteiger partial charge in [-0.1, -0.05) is 6.07 Å². The maximum Gasteiger partial charge on any atom is 0.264 e. The topological polar surface area (TPSA) is 74.3 Å². The Morgan fingerprint density at radius 2 is 1.78 bits per heavy atom. The van der Waals surface area contributed by atoms with Gasteiger partial charge < -0.3 is 18.9 Å². The highest BCUT2D eigenvalue weighted by molar-refractivity contribution is 7.92. The Morgan fingerprint density at radius 1 is 1.00 bits per heavy atom. The minimum atomic E-state index is -3.84. The number of anilines is 1. The molecule has 2 heterocycles. The van der Waals surface area contributed by atoms with Crippen molar-refractivity contribution in [3.05, 3.63) is 64.9 Å². The van der Waals surface area contributed by atoms with Crippen LogP contribution in [0.15, 0.2) is 64.9 Å². The molecule has 0 spiro atoms. The van der Waals surface area contributed by atoms with Crippen molar-refractivity contribution in [2.75, 3.05) is 37.3 Å². The van der Waals surface area contributed by atoms with E-state index in [1.165, 1.54) is 15.6 Å². The number of nitrogens with zero attached hydrogens (tertiary/aromatic N) is 1. The largest absolute Gasteiger partial charge is 0.491 e. The fourth-order valence-electron chi connectivity index (χ4n) is 3.24. The molecule has 0 fully saturated rings. The van der Waals surface area contributed by atoms with Crippen LogP contribution in [0.2, 0.25) is 0 Å². The Labute approximate surface area is 192 Å². The standard InChI is InChI=1S/C23H25NO6S2/c1-2-27-11-12-28-19-6-8-21(9-7-19)32(25,26)24(17-20-4-3-15-31-20)18-5-10-22-23(16-18)30-14-13-29-22/h3-10,15-16H,2,11-14,17H2,1H3. The Bertz CT molecular complexity index is 1110. The minimum Gasteiger partial charge on any atom is -0.491 e. The van der Waals surface area contributed by atoms with Gasteiger partial charge in [-0.05, 0) is 54.8 Å². The molecule has 3 aromatic rings. The van der Waals surface area contributed by atoms with E-state index in [0.29, 0.717) is 56.0 Å². The van der Waals surface area contributed by atoms with E-state index >= 15 is 0 Å². The molecule has 0 bridgehead atoms. The predicted octanol–water partition coefficient (Wildman–Crippen LogP) is 4.33. The van der Waals surface area contributed by atoms with Gasteiger partial charge in [0.1, 0.15) is 25.6 Å². The first kappa shape index (κ1) is 22.4. The van der Waals surface area contributed by atoms with Crippen LogP contribution in [0.1, 0.15) is 11.8 Å². The number of hydrogen-bond acceptors (Lipinski definition) is 7. The fourth-order valence-corrected chi connectivity index (χ4v) is 5.45. The third kappa shape index (κ3) is 5.17. The lowest BCUT2D eigenvalue weighted by atomic mass is 10.2. The molecule has 0 atom stereocenters. The summed E-state index contributed by atoms with van der Waals surface area (Å²) in [6.07, 6.45) is 0. The van der Waals surface area contributed by atoms with Crippen molar-refractivity contribution in [2.45, 2.75) is 18.4 Å². The van der Waals surface area contributed by atoms with Crippen LogP contribution in [0.25, 0.3) is 0 Å². The maximum absolute atomic E-state index is 13.6. The van der Waals surface area contributed by atoms with Gasteiger partial charge in [-0.2, -0.15) is 0 Å². The second kappa shape index (κ2) is 10.2. The maximum atomic E-state index is 13.6. The van der Waals surface area contributed by atoms with E-state index in [-0.39, 0.29) is 11.4 Å². The van der Waals surface area contributed by atoms with Crippen molar-refractivity contribution >= 4 is 27.0 Å². The summed E-state index contributed by atoms with van der Waals surface area (Å²) in [6.45, 7) is 4.55. The Morgan fingerprint density at radius 3 is 2.50 bits per heavy atom. The molecule has 4 rings (SSSR count). The minimum absolute atomic E-state index is 0.182. The van der Waals surface area contributed by atoms with Crippen LogP contribution >= 0.6 is 11.3 Å². The highest BCUT2D eigenvalue weighted by Crippen LogP contribution is 2.36. The number of thiophene rings is 1. The van der Waals surface area contributed by atoms with Crippen LogP contribution in [0, 0.1) is 0 Å². The van der Waals surface area contributed by atoms with Crippen LogP contribution in [0.5, 0.6) is 17.2 Å². The molecular formula is C23H25NO6S2. The van der Waals surface area contributed by atoms with Crippen molar-refractivity contribution < 1.29 is 27.4 Å². The third-order valence-electron chi connectivity index (χ3n) is 4.81. The lowest BCUT2D eigenvalue weighted by Crippen LogP contribution is -2.30. The van der Waals surface area contributed by atoms with Crippen molar-refractivity contribution in [3.8, 4) is 17.2 Å². The van der Waals surface area contributed by atoms with E-state index in [1.54, 1.807) is 42.5 Å². The summed E-state index contributed by atoms with van der Waals surface area (Å²) in [5, 5.41) is 1.93. The summed E-state index contributed by atoms with van der Waals surface area (Å²) >= 11 is 1.51. The van der Waals surface area contributed by atoms with E-state index in [4.69, 9.17) is 18.9 Å². The van der Waals surface area contributed by atoms with E-state index in [1.807, 2.05) is 24.4 Å². The van der Waals surface area contributed by atoms with E-state index in [9.17, 15) is 8.42 Å². The molecule has 0 saturated carbocycles. The fraction of sp³-hybridized carbons (Fsp3) is 0.304. The molecule has 0 unspecified atom stereocenters. The van der Waals surface area contributed by atoms with Crippen LogP contribution in [-0.2, 0) is 21.3 Å². The van der Waals surface area contributed by atoms with Crippen molar-refractivity contribution in [3.63, 3.8) is 0 Å². The molecule has 1 aliphatic heterocycles. The molecule has 2 aromatic carbocycles. The summed E-state index contributed by atoms with van der Waals surface area (Å²) in [6, 6.07) is 15.5. The van der Waals surface area contributed by atoms with Gasteiger partial charge in [-0.3, -0.25) is 4.31 Å². The monoisotopic (exact) mass is 475 g/mol. The predicted molar refractivity (Wildman–Crippen MR) is 124 cm³/mol. The van der Waals surface area contributed by atoms with Gasteiger partial charge in [0.05, 0.1) is 23.7 Å². The molecule has 0 aliphatic carbocycles. The molecule has 1 aliphatic rings. The number of fused-ring (bicyclic) bond motifs is 1. The zero-order valence-corrected chi connectivity index (χ0v) is 19.4. The van der Waals surface area contributed by atoms with E-state index < -0.39 is 10.0 Å². The van der Waals surface area contributed by atoms with Crippen molar-refractivity contribution in [1.29, 1.82) is 0 Å². The Kier molecular flexibility index (Phi) is 7.19. The van der Waals surface area contributed by atoms with Gasteiger partial charge >= 0.3 is 0 Å². The van der Waals surface area contributed by atoms with Crippen LogP contribution < -0.4 is 18.5 Å². The number of ether oxygens (including phenoxy) is 4. The van der Waals surface area contributed by atoms with Gasteiger partial charge in [0.15, 0.2) is 11.5 Å². The normalized spacial score (nSPS) is 13.0. The second-order valence-corrected chi connectivity index (χ2v) is 9.83. The zero-order valence-electron chi connectivity index (χ0n) is 17.7. The van der Waals surface area contributed by atoms with Crippen LogP contribution in [-0.4, -0.2) is 41.5 Å². The average Bonchev–Trinajstić information content (AvgIpc) is 3.34. The molecule has 0 radical (unpaired) electrons. The molecular weight excluding hydrogens is 450 g/mol. The molecule has 0 N–H and O–H groups in total. The molecule has 0 amide bonds. The SMILES string of the molecule is CCOCCOc1ccc(S(=O)(=O)N(Cc2cccs2)c2ccc3c(c2)OCCO3)cc1. The number of benzene rings is 2. The van der Waals surface area contributed by atoms with Gasteiger partial charge in [-0.15, -0.1) is 11.3 Å². The number of rotatable bonds is 10. The second-order valence-electron chi connectivity index (χ2n) is 6.94. The van der Waals surface area contributed by atoms with Gasteiger partial charge in [-0.25, -0.2) is 8.42 Å². The molecule has 0 saturated heterocycles. The summed E-state index contributed by atoms with van der Waals surface area (Å²) in [5.41, 5.74) is 0.514. The molecule has 1 aromatic heterocycles. The van der Waals surface area contributed by atoms with Crippen molar-refractivity contribution in [2.24, 2.45) is 0 Å². The van der Waals surface area contributed by atoms with Crippen molar-refractivity contribution in [1.82, 2.24) is 0 Å². The highest BCUT2D eigenvalue weighted by atomic mass is 32.2. The molecule has 170 valence electrons. The summed E-state index contributed by atoms with van der Waals surface area (Å²) in [5.74, 6) is 1.74. The van der Waals surface area contributed by atoms with E-state index in [0.717, 1.165) is 4.88 Å². The average molecular weight is 476 g/mol. The van der Waals surface area contributed by atoms with Gasteiger partial charge in [0.25, 0.3) is 10.0 Å². The lowest BCUT2D eigenvalue weighted by Gasteiger charge is -2.26. The Balaban J connectivity index is 1.61. The highest BCUT2D eigenvalue weighted by Gasteiger charge is 2.27. The first-order chi connectivity index (χ1) is 15.6. The van der Waals surface area contributed by atoms with Gasteiger partial charge in [0.2, 0.25) is 0 Å². The zero-order chi connectivity index (χ0) is 22.4. The smallest absolute Gasteiger partial charge is 0.264 e. The first-order valence-electron chi connectivity index (χ1n) is 10.3. The van der Waals surface area contributed by atoms with Gasteiger partial charge in [0, 0.05) is 17.6 Å². The quantitative estimate of drug-likeness (QED) is 0.407. The summed E-state index contributed by atoms with van der Waals surface area (Å²) in [4.78, 5) is 1.11. The molecule has 9 heteroatoms.